The predicted octanol–water partition coefficient (Wildman–Crippen LogP) is 2.87. The molecule has 1 atom stereocenters. The van der Waals surface area contributed by atoms with E-state index in [0.717, 1.165) is 25.3 Å². The molecule has 3 rings (SSSR count). The van der Waals surface area contributed by atoms with E-state index >= 15 is 0 Å². The molecule has 1 aliphatic rings. The predicted molar refractivity (Wildman–Crippen MR) is 86.4 cm³/mol. The van der Waals surface area contributed by atoms with Gasteiger partial charge in [-0.15, -0.1) is 0 Å². The van der Waals surface area contributed by atoms with Gasteiger partial charge in [0.05, 0.1) is 12.2 Å². The van der Waals surface area contributed by atoms with Crippen LogP contribution in [0.5, 0.6) is 0 Å². The van der Waals surface area contributed by atoms with Gasteiger partial charge in [-0.3, -0.25) is 4.68 Å². The Morgan fingerprint density at radius 3 is 2.90 bits per heavy atom. The molecule has 21 heavy (non-hydrogen) atoms. The van der Waals surface area contributed by atoms with Crippen LogP contribution in [0, 0.1) is 0 Å². The van der Waals surface area contributed by atoms with Gasteiger partial charge in [0.15, 0.2) is 0 Å². The highest BCUT2D eigenvalue weighted by Gasteiger charge is 2.22. The summed E-state index contributed by atoms with van der Waals surface area (Å²) in [5.74, 6) is 0. The van der Waals surface area contributed by atoms with E-state index in [9.17, 15) is 0 Å². The number of para-hydroxylation sites is 1. The van der Waals surface area contributed by atoms with Crippen LogP contribution >= 0.6 is 0 Å². The number of aromatic nitrogens is 2. The van der Waals surface area contributed by atoms with Gasteiger partial charge in [-0.05, 0) is 37.1 Å². The fourth-order valence-corrected chi connectivity index (χ4v) is 3.20. The Morgan fingerprint density at radius 1 is 1.29 bits per heavy atom. The molecule has 1 aromatic heterocycles. The molecule has 1 aromatic carbocycles. The third-order valence-electron chi connectivity index (χ3n) is 4.15. The van der Waals surface area contributed by atoms with Gasteiger partial charge in [0.25, 0.3) is 0 Å². The molecule has 0 aliphatic carbocycles. The van der Waals surface area contributed by atoms with E-state index in [1.165, 1.54) is 24.1 Å². The largest absolute Gasteiger partial charge is 0.365 e. The molecule has 0 amide bonds. The van der Waals surface area contributed by atoms with Crippen molar-refractivity contribution in [3.63, 3.8) is 0 Å². The van der Waals surface area contributed by atoms with Gasteiger partial charge in [-0.2, -0.15) is 5.10 Å². The normalized spacial score (nSPS) is 18.4. The van der Waals surface area contributed by atoms with Gasteiger partial charge in [0, 0.05) is 31.5 Å². The summed E-state index contributed by atoms with van der Waals surface area (Å²) < 4.78 is 1.88. The maximum atomic E-state index is 4.52. The Kier molecular flexibility index (Phi) is 4.25. The molecule has 0 spiro atoms. The molecule has 1 N–H and O–H groups in total. The Labute approximate surface area is 126 Å². The lowest BCUT2D eigenvalue weighted by Gasteiger charge is -2.25. The second-order valence-electron chi connectivity index (χ2n) is 5.71. The van der Waals surface area contributed by atoms with Crippen molar-refractivity contribution in [1.29, 1.82) is 0 Å². The maximum absolute atomic E-state index is 4.52. The van der Waals surface area contributed by atoms with E-state index < -0.39 is 0 Å². The van der Waals surface area contributed by atoms with E-state index in [-0.39, 0.29) is 0 Å². The van der Waals surface area contributed by atoms with Crippen LogP contribution in [-0.2, 0) is 13.6 Å². The van der Waals surface area contributed by atoms with Crippen molar-refractivity contribution < 1.29 is 0 Å². The summed E-state index contributed by atoms with van der Waals surface area (Å²) in [4.78, 5) is 2.47. The topological polar surface area (TPSA) is 33.1 Å². The number of aryl methyl sites for hydroxylation is 1. The molecule has 4 heteroatoms. The highest BCUT2D eigenvalue weighted by atomic mass is 15.3. The lowest BCUT2D eigenvalue weighted by Crippen LogP contribution is -2.24. The van der Waals surface area contributed by atoms with Crippen molar-refractivity contribution in [3.8, 4) is 0 Å². The molecular weight excluding hydrogens is 260 g/mol. The lowest BCUT2D eigenvalue weighted by molar-refractivity contribution is 0.510. The molecule has 1 unspecified atom stereocenters. The fourth-order valence-electron chi connectivity index (χ4n) is 3.20. The molecule has 1 aliphatic heterocycles. The zero-order chi connectivity index (χ0) is 14.7. The van der Waals surface area contributed by atoms with Crippen LogP contribution in [0.2, 0.25) is 0 Å². The molecule has 0 saturated heterocycles. The SMILES string of the molecule is CCNC1CCCN(Cc2ccn(C)n2)c2ccccc21. The number of nitrogens with zero attached hydrogens (tertiary/aromatic N) is 3. The van der Waals surface area contributed by atoms with Crippen LogP contribution < -0.4 is 10.2 Å². The van der Waals surface area contributed by atoms with E-state index in [4.69, 9.17) is 0 Å². The monoisotopic (exact) mass is 284 g/mol. The summed E-state index contributed by atoms with van der Waals surface area (Å²) in [6, 6.07) is 11.4. The van der Waals surface area contributed by atoms with Gasteiger partial charge in [0.1, 0.15) is 0 Å². The molecule has 0 fully saturated rings. The summed E-state index contributed by atoms with van der Waals surface area (Å²) in [7, 11) is 1.97. The number of anilines is 1. The molecule has 4 nitrogen and oxygen atoms in total. The van der Waals surface area contributed by atoms with Crippen LogP contribution in [0.25, 0.3) is 0 Å². The lowest BCUT2D eigenvalue weighted by atomic mass is 10.0. The zero-order valence-electron chi connectivity index (χ0n) is 12.9. The maximum Gasteiger partial charge on any atom is 0.0817 e. The Balaban J connectivity index is 1.88. The minimum absolute atomic E-state index is 0.472. The third kappa shape index (κ3) is 3.10. The average Bonchev–Trinajstić information content (AvgIpc) is 2.82. The molecular formula is C17H24N4. The minimum Gasteiger partial charge on any atom is -0.365 e. The van der Waals surface area contributed by atoms with Gasteiger partial charge in [0.2, 0.25) is 0 Å². The van der Waals surface area contributed by atoms with Crippen molar-refractivity contribution in [2.45, 2.75) is 32.4 Å². The zero-order valence-corrected chi connectivity index (χ0v) is 12.9. The first-order valence-corrected chi connectivity index (χ1v) is 7.83. The summed E-state index contributed by atoms with van der Waals surface area (Å²) in [5.41, 5.74) is 3.91. The van der Waals surface area contributed by atoms with Crippen LogP contribution in [0.15, 0.2) is 36.5 Å². The first-order valence-electron chi connectivity index (χ1n) is 7.83. The molecule has 0 saturated carbocycles. The van der Waals surface area contributed by atoms with E-state index in [1.807, 2.05) is 17.9 Å². The highest BCUT2D eigenvalue weighted by molar-refractivity contribution is 5.56. The highest BCUT2D eigenvalue weighted by Crippen LogP contribution is 2.33. The van der Waals surface area contributed by atoms with E-state index in [0.29, 0.717) is 6.04 Å². The number of hydrogen-bond acceptors (Lipinski definition) is 3. The van der Waals surface area contributed by atoms with Crippen LogP contribution in [0.4, 0.5) is 5.69 Å². The first kappa shape index (κ1) is 14.1. The first-order chi connectivity index (χ1) is 10.3. The second kappa shape index (κ2) is 6.31. The van der Waals surface area contributed by atoms with Gasteiger partial charge in [-0.25, -0.2) is 0 Å². The molecule has 2 aromatic rings. The molecule has 2 heterocycles. The van der Waals surface area contributed by atoms with Crippen molar-refractivity contribution in [1.82, 2.24) is 15.1 Å². The summed E-state index contributed by atoms with van der Waals surface area (Å²) >= 11 is 0. The Bertz CT molecular complexity index is 590. The fraction of sp³-hybridized carbons (Fsp3) is 0.471. The number of fused-ring (bicyclic) bond motifs is 1. The van der Waals surface area contributed by atoms with Crippen LogP contribution in [0.1, 0.15) is 37.1 Å². The second-order valence-corrected chi connectivity index (χ2v) is 5.71. The van der Waals surface area contributed by atoms with Gasteiger partial charge >= 0.3 is 0 Å². The Morgan fingerprint density at radius 2 is 2.14 bits per heavy atom. The minimum atomic E-state index is 0.472. The van der Waals surface area contributed by atoms with Crippen LogP contribution in [0.3, 0.4) is 0 Å². The quantitative estimate of drug-likeness (QED) is 0.937. The third-order valence-corrected chi connectivity index (χ3v) is 4.15. The number of hydrogen-bond donors (Lipinski definition) is 1. The average molecular weight is 284 g/mol. The van der Waals surface area contributed by atoms with Crippen molar-refractivity contribution in [3.05, 3.63) is 47.8 Å². The van der Waals surface area contributed by atoms with E-state index in [1.54, 1.807) is 0 Å². The molecule has 0 bridgehead atoms. The van der Waals surface area contributed by atoms with Crippen molar-refractivity contribution >= 4 is 5.69 Å². The summed E-state index contributed by atoms with van der Waals surface area (Å²) in [5, 5.41) is 8.15. The standard InChI is InChI=1S/C17H24N4/c1-3-18-16-8-6-11-21(13-14-10-12-20(2)19-14)17-9-5-4-7-15(16)17/h4-5,7,9-10,12,16,18H,3,6,8,11,13H2,1-2H3. The number of rotatable bonds is 4. The van der Waals surface area contributed by atoms with Gasteiger partial charge in [-0.1, -0.05) is 25.1 Å². The number of nitrogens with one attached hydrogen (secondary N) is 1. The number of benzene rings is 1. The van der Waals surface area contributed by atoms with Crippen molar-refractivity contribution in [2.24, 2.45) is 7.05 Å². The molecule has 0 radical (unpaired) electrons. The van der Waals surface area contributed by atoms with Crippen molar-refractivity contribution in [2.75, 3.05) is 18.0 Å². The Hall–Kier alpha value is -1.81. The van der Waals surface area contributed by atoms with E-state index in [2.05, 4.69) is 52.6 Å². The smallest absolute Gasteiger partial charge is 0.0817 e. The van der Waals surface area contributed by atoms with Gasteiger partial charge < -0.3 is 10.2 Å². The summed E-state index contributed by atoms with van der Waals surface area (Å²) in [6.07, 6.45) is 4.42. The summed E-state index contributed by atoms with van der Waals surface area (Å²) in [6.45, 7) is 5.17. The van der Waals surface area contributed by atoms with Crippen LogP contribution in [-0.4, -0.2) is 22.9 Å². The molecule has 112 valence electrons.